The summed E-state index contributed by atoms with van der Waals surface area (Å²) in [6.45, 7) is 23.7. The molecule has 0 unspecified atom stereocenters. The van der Waals surface area contributed by atoms with Crippen LogP contribution < -0.4 is 9.74 Å². The molecule has 0 aliphatic carbocycles. The monoisotopic (exact) mass is 395 g/mol. The SMILES string of the molecule is CNC[C@H](O[Si](C)(C)C(C)(C)C)c1cccc(O[Si](C)(C)C(C)(C)C)c1. The minimum absolute atomic E-state index is 0.0452. The van der Waals surface area contributed by atoms with Gasteiger partial charge in [0.2, 0.25) is 8.32 Å². The predicted molar refractivity (Wildman–Crippen MR) is 119 cm³/mol. The fraction of sp³-hybridized carbons (Fsp3) is 0.714. The Hall–Kier alpha value is -0.626. The van der Waals surface area contributed by atoms with E-state index < -0.39 is 16.6 Å². The van der Waals surface area contributed by atoms with Crippen LogP contribution in [-0.4, -0.2) is 30.2 Å². The van der Waals surface area contributed by atoms with Crippen molar-refractivity contribution in [2.45, 2.75) is 83.9 Å². The topological polar surface area (TPSA) is 30.5 Å². The van der Waals surface area contributed by atoms with Crippen LogP contribution in [-0.2, 0) is 4.43 Å². The predicted octanol–water partition coefficient (Wildman–Crippen LogP) is 6.35. The van der Waals surface area contributed by atoms with E-state index in [4.69, 9.17) is 8.85 Å². The van der Waals surface area contributed by atoms with Crippen molar-refractivity contribution in [1.29, 1.82) is 0 Å². The molecular weight excluding hydrogens is 354 g/mol. The lowest BCUT2D eigenvalue weighted by Crippen LogP contribution is -2.44. The maximum Gasteiger partial charge on any atom is 0.250 e. The molecule has 0 amide bonds. The molecule has 0 saturated heterocycles. The average molecular weight is 396 g/mol. The van der Waals surface area contributed by atoms with Crippen LogP contribution in [0.5, 0.6) is 5.75 Å². The summed E-state index contributed by atoms with van der Waals surface area (Å²) < 4.78 is 13.2. The third kappa shape index (κ3) is 5.94. The summed E-state index contributed by atoms with van der Waals surface area (Å²) in [4.78, 5) is 0. The number of hydrogen-bond acceptors (Lipinski definition) is 3. The molecule has 3 nitrogen and oxygen atoms in total. The first-order valence-corrected chi connectivity index (χ1v) is 15.5. The summed E-state index contributed by atoms with van der Waals surface area (Å²) in [5.74, 6) is 0.967. The van der Waals surface area contributed by atoms with Crippen molar-refractivity contribution >= 4 is 16.6 Å². The first kappa shape index (κ1) is 23.4. The Morgan fingerprint density at radius 3 is 1.92 bits per heavy atom. The fourth-order valence-electron chi connectivity index (χ4n) is 2.17. The van der Waals surface area contributed by atoms with Gasteiger partial charge in [-0.15, -0.1) is 0 Å². The lowest BCUT2D eigenvalue weighted by Gasteiger charge is -2.40. The summed E-state index contributed by atoms with van der Waals surface area (Å²) in [6.07, 6.45) is 0.0452. The highest BCUT2D eigenvalue weighted by Gasteiger charge is 2.40. The second kappa shape index (κ2) is 8.17. The molecule has 0 radical (unpaired) electrons. The Bertz CT molecular complexity index is 586. The van der Waals surface area contributed by atoms with E-state index in [0.717, 1.165) is 12.3 Å². The van der Waals surface area contributed by atoms with Crippen LogP contribution in [0.25, 0.3) is 0 Å². The van der Waals surface area contributed by atoms with E-state index in [1.54, 1.807) is 0 Å². The molecule has 26 heavy (non-hydrogen) atoms. The van der Waals surface area contributed by atoms with Gasteiger partial charge in [0.1, 0.15) is 5.75 Å². The Balaban J connectivity index is 3.11. The Kier molecular flexibility index (Phi) is 7.36. The van der Waals surface area contributed by atoms with Crippen LogP contribution in [0.3, 0.4) is 0 Å². The summed E-state index contributed by atoms with van der Waals surface area (Å²) in [7, 11) is -1.72. The molecule has 150 valence electrons. The largest absolute Gasteiger partial charge is 0.543 e. The van der Waals surface area contributed by atoms with Crippen LogP contribution in [0.1, 0.15) is 53.2 Å². The van der Waals surface area contributed by atoms with Crippen molar-refractivity contribution < 1.29 is 8.85 Å². The van der Waals surface area contributed by atoms with Crippen molar-refractivity contribution in [2.75, 3.05) is 13.6 Å². The van der Waals surface area contributed by atoms with Crippen LogP contribution >= 0.6 is 0 Å². The first-order valence-electron chi connectivity index (χ1n) is 9.72. The molecule has 0 saturated carbocycles. The van der Waals surface area contributed by atoms with E-state index in [1.165, 1.54) is 5.56 Å². The number of benzene rings is 1. The van der Waals surface area contributed by atoms with E-state index in [9.17, 15) is 0 Å². The molecule has 0 fully saturated rings. The van der Waals surface area contributed by atoms with Crippen LogP contribution in [0, 0.1) is 0 Å². The molecule has 0 spiro atoms. The third-order valence-corrected chi connectivity index (χ3v) is 14.9. The maximum atomic E-state index is 6.71. The van der Waals surface area contributed by atoms with E-state index in [1.807, 2.05) is 7.05 Å². The van der Waals surface area contributed by atoms with Gasteiger partial charge in [-0.25, -0.2) is 0 Å². The minimum Gasteiger partial charge on any atom is -0.543 e. The zero-order chi connectivity index (χ0) is 20.4. The molecule has 1 rings (SSSR count). The minimum atomic E-state index is -1.85. The highest BCUT2D eigenvalue weighted by molar-refractivity contribution is 6.75. The number of likely N-dealkylation sites (N-methyl/N-ethyl adjacent to an activating group) is 1. The molecular formula is C21H41NO2Si2. The Labute approximate surface area is 164 Å². The van der Waals surface area contributed by atoms with Gasteiger partial charge in [-0.3, -0.25) is 0 Å². The van der Waals surface area contributed by atoms with Gasteiger partial charge in [0.25, 0.3) is 0 Å². The van der Waals surface area contributed by atoms with Crippen molar-refractivity contribution in [1.82, 2.24) is 5.32 Å². The van der Waals surface area contributed by atoms with Gasteiger partial charge in [0.15, 0.2) is 8.32 Å². The van der Waals surface area contributed by atoms with Gasteiger partial charge >= 0.3 is 0 Å². The van der Waals surface area contributed by atoms with Crippen molar-refractivity contribution in [3.8, 4) is 5.75 Å². The van der Waals surface area contributed by atoms with Gasteiger partial charge in [-0.1, -0.05) is 53.7 Å². The summed E-state index contributed by atoms with van der Waals surface area (Å²) in [6, 6.07) is 8.51. The molecule has 1 N–H and O–H groups in total. The summed E-state index contributed by atoms with van der Waals surface area (Å²) >= 11 is 0. The molecule has 0 bridgehead atoms. The van der Waals surface area contributed by atoms with Crippen molar-refractivity contribution in [3.05, 3.63) is 29.8 Å². The van der Waals surface area contributed by atoms with E-state index >= 15 is 0 Å². The number of hydrogen-bond donors (Lipinski definition) is 1. The van der Waals surface area contributed by atoms with Crippen LogP contribution in [0.2, 0.25) is 36.3 Å². The standard InChI is InChI=1S/C21H41NO2Si2/c1-20(2,3)25(8,9)23-18-14-12-13-17(15-18)19(16-22-7)24-26(10,11)21(4,5)6/h12-15,19,22H,16H2,1-11H3/t19-/m0/s1. The van der Waals surface area contributed by atoms with Gasteiger partial charge in [-0.05, 0) is 61.0 Å². The van der Waals surface area contributed by atoms with Gasteiger partial charge in [0.05, 0.1) is 6.10 Å². The summed E-state index contributed by atoms with van der Waals surface area (Å²) in [5, 5.41) is 3.67. The smallest absolute Gasteiger partial charge is 0.250 e. The maximum absolute atomic E-state index is 6.71. The zero-order valence-corrected chi connectivity index (χ0v) is 20.9. The van der Waals surface area contributed by atoms with Gasteiger partial charge in [0, 0.05) is 6.54 Å². The number of rotatable bonds is 7. The van der Waals surface area contributed by atoms with E-state index in [0.29, 0.717) is 0 Å². The molecule has 0 aliphatic rings. The lowest BCUT2D eigenvalue weighted by molar-refractivity contribution is 0.183. The molecule has 1 atom stereocenters. The molecule has 0 aromatic heterocycles. The molecule has 5 heteroatoms. The quantitative estimate of drug-likeness (QED) is 0.545. The van der Waals surface area contributed by atoms with E-state index in [2.05, 4.69) is 97.3 Å². The third-order valence-electron chi connectivity index (χ3n) is 6.04. The lowest BCUT2D eigenvalue weighted by atomic mass is 10.1. The highest BCUT2D eigenvalue weighted by atomic mass is 28.4. The number of nitrogens with one attached hydrogen (secondary N) is 1. The Morgan fingerprint density at radius 2 is 1.46 bits per heavy atom. The van der Waals surface area contributed by atoms with Crippen LogP contribution in [0.15, 0.2) is 24.3 Å². The molecule has 0 aliphatic heterocycles. The van der Waals surface area contributed by atoms with Gasteiger partial charge in [-0.2, -0.15) is 0 Å². The molecule has 0 heterocycles. The fourth-order valence-corrected chi connectivity index (χ4v) is 4.48. The highest BCUT2D eigenvalue weighted by Crippen LogP contribution is 2.41. The summed E-state index contributed by atoms with van der Waals surface area (Å²) in [5.41, 5.74) is 1.19. The second-order valence-electron chi connectivity index (χ2n) is 10.4. The molecule has 1 aromatic carbocycles. The molecule has 1 aromatic rings. The van der Waals surface area contributed by atoms with Crippen molar-refractivity contribution in [3.63, 3.8) is 0 Å². The second-order valence-corrected chi connectivity index (χ2v) is 19.8. The normalized spacial score (nSPS) is 15.0. The van der Waals surface area contributed by atoms with Crippen molar-refractivity contribution in [2.24, 2.45) is 0 Å². The average Bonchev–Trinajstić information content (AvgIpc) is 2.44. The zero-order valence-electron chi connectivity index (χ0n) is 18.9. The van der Waals surface area contributed by atoms with Crippen LogP contribution in [0.4, 0.5) is 0 Å². The van der Waals surface area contributed by atoms with E-state index in [-0.39, 0.29) is 16.2 Å². The Morgan fingerprint density at radius 1 is 0.923 bits per heavy atom. The van der Waals surface area contributed by atoms with Gasteiger partial charge < -0.3 is 14.2 Å². The first-order chi connectivity index (χ1) is 11.6.